The first-order valence-corrected chi connectivity index (χ1v) is 9.53. The summed E-state index contributed by atoms with van der Waals surface area (Å²) in [5.41, 5.74) is 1.44. The Labute approximate surface area is 135 Å². The summed E-state index contributed by atoms with van der Waals surface area (Å²) in [6.45, 7) is 7.00. The summed E-state index contributed by atoms with van der Waals surface area (Å²) in [7, 11) is 2.32. The van der Waals surface area contributed by atoms with Gasteiger partial charge in [-0.25, -0.2) is 0 Å². The predicted molar refractivity (Wildman–Crippen MR) is 96.3 cm³/mol. The van der Waals surface area contributed by atoms with E-state index in [1.807, 2.05) is 0 Å². The van der Waals surface area contributed by atoms with Crippen molar-refractivity contribution in [2.24, 2.45) is 5.92 Å². The summed E-state index contributed by atoms with van der Waals surface area (Å²) >= 11 is 2.14. The number of hydrogen-bond donors (Lipinski definition) is 0. The van der Waals surface area contributed by atoms with Crippen molar-refractivity contribution in [1.29, 1.82) is 0 Å². The lowest BCUT2D eigenvalue weighted by Crippen LogP contribution is -2.47. The largest absolute Gasteiger partial charge is 0.358 e. The molecule has 1 aromatic rings. The van der Waals surface area contributed by atoms with E-state index in [0.29, 0.717) is 0 Å². The van der Waals surface area contributed by atoms with Gasteiger partial charge in [-0.05, 0) is 30.9 Å². The third-order valence-corrected chi connectivity index (χ3v) is 6.74. The van der Waals surface area contributed by atoms with Crippen LogP contribution in [-0.2, 0) is 0 Å². The van der Waals surface area contributed by atoms with E-state index in [1.165, 1.54) is 55.5 Å². The Hall–Kier alpha value is -0.630. The van der Waals surface area contributed by atoms with Crippen LogP contribution in [0.3, 0.4) is 0 Å². The molecule has 0 unspecified atom stereocenters. The molecule has 1 aliphatic rings. The molecule has 0 aliphatic carbocycles. The van der Waals surface area contributed by atoms with Crippen LogP contribution in [0.1, 0.15) is 65.7 Å². The molecule has 1 nitrogen and oxygen atoms in total. The van der Waals surface area contributed by atoms with Crippen molar-refractivity contribution < 1.29 is 0 Å². The summed E-state index contributed by atoms with van der Waals surface area (Å²) in [4.78, 5) is 4.36. The SMILES string of the molecule is CCCC[C@H](CC)[C@]1(CCCC)Sc2ccccc2N1C. The first kappa shape index (κ1) is 16.7. The molecule has 0 N–H and O–H groups in total. The van der Waals surface area contributed by atoms with Gasteiger partial charge in [-0.1, -0.05) is 76.8 Å². The van der Waals surface area contributed by atoms with Crippen LogP contribution in [0.5, 0.6) is 0 Å². The molecule has 21 heavy (non-hydrogen) atoms. The van der Waals surface area contributed by atoms with Crippen LogP contribution in [0, 0.1) is 5.92 Å². The van der Waals surface area contributed by atoms with Crippen molar-refractivity contribution in [1.82, 2.24) is 0 Å². The zero-order valence-corrected chi connectivity index (χ0v) is 15.0. The number of fused-ring (bicyclic) bond motifs is 1. The minimum Gasteiger partial charge on any atom is -0.358 e. The maximum Gasteiger partial charge on any atom is 0.0932 e. The normalized spacial score (nSPS) is 22.4. The van der Waals surface area contributed by atoms with Gasteiger partial charge in [0, 0.05) is 11.9 Å². The fraction of sp³-hybridized carbons (Fsp3) is 0.684. The minimum atomic E-state index is 0.281. The molecule has 0 aromatic heterocycles. The molecular weight excluding hydrogens is 274 g/mol. The van der Waals surface area contributed by atoms with E-state index in [0.717, 1.165) is 5.92 Å². The van der Waals surface area contributed by atoms with E-state index < -0.39 is 0 Å². The molecule has 1 aliphatic heterocycles. The fourth-order valence-electron chi connectivity index (χ4n) is 3.69. The molecule has 0 spiro atoms. The lowest BCUT2D eigenvalue weighted by atomic mass is 9.86. The number of para-hydroxylation sites is 1. The summed E-state index contributed by atoms with van der Waals surface area (Å²) in [6, 6.07) is 8.96. The summed E-state index contributed by atoms with van der Waals surface area (Å²) in [5, 5.41) is 0. The molecule has 2 heteroatoms. The average molecular weight is 306 g/mol. The second-order valence-electron chi connectivity index (χ2n) is 6.32. The fourth-order valence-corrected chi connectivity index (χ4v) is 5.46. The molecule has 0 fully saturated rings. The van der Waals surface area contributed by atoms with Gasteiger partial charge in [0.15, 0.2) is 0 Å². The van der Waals surface area contributed by atoms with Crippen molar-refractivity contribution in [2.75, 3.05) is 11.9 Å². The summed E-state index contributed by atoms with van der Waals surface area (Å²) < 4.78 is 0. The highest BCUT2D eigenvalue weighted by molar-refractivity contribution is 8.01. The summed E-state index contributed by atoms with van der Waals surface area (Å²) in [5.74, 6) is 0.784. The van der Waals surface area contributed by atoms with E-state index >= 15 is 0 Å². The number of hydrogen-bond acceptors (Lipinski definition) is 2. The van der Waals surface area contributed by atoms with E-state index in [-0.39, 0.29) is 4.87 Å². The van der Waals surface area contributed by atoms with E-state index in [1.54, 1.807) is 0 Å². The molecule has 2 atom stereocenters. The molecule has 2 rings (SSSR count). The van der Waals surface area contributed by atoms with Crippen LogP contribution in [-0.4, -0.2) is 11.9 Å². The predicted octanol–water partition coefficient (Wildman–Crippen LogP) is 6.33. The second kappa shape index (κ2) is 7.58. The minimum absolute atomic E-state index is 0.281. The van der Waals surface area contributed by atoms with E-state index in [2.05, 4.69) is 68.7 Å². The number of benzene rings is 1. The van der Waals surface area contributed by atoms with Crippen LogP contribution in [0.15, 0.2) is 29.2 Å². The quantitative estimate of drug-likeness (QED) is 0.552. The first-order valence-electron chi connectivity index (χ1n) is 8.71. The first-order chi connectivity index (χ1) is 10.2. The molecule has 1 aromatic carbocycles. The molecule has 0 bridgehead atoms. The molecule has 1 heterocycles. The monoisotopic (exact) mass is 305 g/mol. The van der Waals surface area contributed by atoms with E-state index in [4.69, 9.17) is 0 Å². The van der Waals surface area contributed by atoms with Crippen LogP contribution < -0.4 is 4.90 Å². The van der Waals surface area contributed by atoms with Crippen molar-refractivity contribution in [2.45, 2.75) is 75.5 Å². The Kier molecular flexibility index (Phi) is 6.04. The van der Waals surface area contributed by atoms with Gasteiger partial charge < -0.3 is 4.90 Å². The van der Waals surface area contributed by atoms with Crippen molar-refractivity contribution >= 4 is 17.4 Å². The molecule has 0 saturated carbocycles. The van der Waals surface area contributed by atoms with Gasteiger partial charge in [0.25, 0.3) is 0 Å². The molecule has 118 valence electrons. The molecular formula is C19H31NS. The van der Waals surface area contributed by atoms with E-state index in [9.17, 15) is 0 Å². The van der Waals surface area contributed by atoms with Gasteiger partial charge in [-0.3, -0.25) is 0 Å². The smallest absolute Gasteiger partial charge is 0.0932 e. The average Bonchev–Trinajstić information content (AvgIpc) is 2.80. The zero-order valence-electron chi connectivity index (χ0n) is 14.2. The van der Waals surface area contributed by atoms with Crippen LogP contribution in [0.4, 0.5) is 5.69 Å². The number of unbranched alkanes of at least 4 members (excludes halogenated alkanes) is 2. The Balaban J connectivity index is 2.30. The van der Waals surface area contributed by atoms with Crippen molar-refractivity contribution in [3.8, 4) is 0 Å². The van der Waals surface area contributed by atoms with Crippen molar-refractivity contribution in [3.63, 3.8) is 0 Å². The molecule has 0 radical (unpaired) electrons. The third-order valence-electron chi connectivity index (χ3n) is 5.01. The summed E-state index contributed by atoms with van der Waals surface area (Å²) in [6.07, 6.45) is 9.24. The van der Waals surface area contributed by atoms with Gasteiger partial charge in [0.2, 0.25) is 0 Å². The maximum atomic E-state index is 2.60. The number of nitrogens with zero attached hydrogens (tertiary/aromatic N) is 1. The van der Waals surface area contributed by atoms with Gasteiger partial charge in [0.1, 0.15) is 0 Å². The Morgan fingerprint density at radius 3 is 2.43 bits per heavy atom. The Morgan fingerprint density at radius 1 is 1.10 bits per heavy atom. The third kappa shape index (κ3) is 3.26. The lowest BCUT2D eigenvalue weighted by molar-refractivity contribution is 0.312. The molecule has 0 amide bonds. The zero-order chi connectivity index (χ0) is 15.3. The van der Waals surface area contributed by atoms with Gasteiger partial charge in [-0.15, -0.1) is 0 Å². The van der Waals surface area contributed by atoms with Crippen LogP contribution >= 0.6 is 11.8 Å². The topological polar surface area (TPSA) is 3.24 Å². The van der Waals surface area contributed by atoms with Crippen LogP contribution in [0.25, 0.3) is 0 Å². The number of rotatable bonds is 8. The Morgan fingerprint density at radius 2 is 1.81 bits per heavy atom. The maximum absolute atomic E-state index is 2.60. The van der Waals surface area contributed by atoms with Crippen molar-refractivity contribution in [3.05, 3.63) is 24.3 Å². The molecule has 0 saturated heterocycles. The highest BCUT2D eigenvalue weighted by Gasteiger charge is 2.46. The second-order valence-corrected chi connectivity index (χ2v) is 7.68. The standard InChI is InChI=1S/C19H31NS/c1-5-8-12-16(7-3)19(15-9-6-2)20(4)17-13-10-11-14-18(17)21-19/h10-11,13-14,16H,5-9,12,15H2,1-4H3/t16-,19-/m0/s1. The van der Waals surface area contributed by atoms with Gasteiger partial charge >= 0.3 is 0 Å². The lowest BCUT2D eigenvalue weighted by Gasteiger charge is -2.43. The Bertz CT molecular complexity index is 445. The number of anilines is 1. The van der Waals surface area contributed by atoms with Gasteiger partial charge in [0.05, 0.1) is 10.6 Å². The van der Waals surface area contributed by atoms with Crippen LogP contribution in [0.2, 0.25) is 0 Å². The highest BCUT2D eigenvalue weighted by atomic mass is 32.2. The number of thioether (sulfide) groups is 1. The highest BCUT2D eigenvalue weighted by Crippen LogP contribution is 2.56. The van der Waals surface area contributed by atoms with Gasteiger partial charge in [-0.2, -0.15) is 0 Å².